The number of hydrogen-bond donors (Lipinski definition) is 0. The van der Waals surface area contributed by atoms with Crippen molar-refractivity contribution in [3.63, 3.8) is 0 Å². The summed E-state index contributed by atoms with van der Waals surface area (Å²) in [5, 5.41) is 1.17. The van der Waals surface area contributed by atoms with Crippen LogP contribution in [0.25, 0.3) is 15.9 Å². The Labute approximate surface area is 82.8 Å². The highest BCUT2D eigenvalue weighted by Gasteiger charge is 2.06. The smallest absolute Gasteiger partial charge is 0.218 e. The zero-order valence-corrected chi connectivity index (χ0v) is 8.07. The van der Waals surface area contributed by atoms with Gasteiger partial charge in [-0.05, 0) is 17.7 Å². The molecule has 2 heterocycles. The van der Waals surface area contributed by atoms with Gasteiger partial charge >= 0.3 is 0 Å². The van der Waals surface area contributed by atoms with Crippen LogP contribution in [-0.2, 0) is 13.5 Å². The van der Waals surface area contributed by atoms with Gasteiger partial charge in [-0.3, -0.25) is 0 Å². The molecule has 0 fully saturated rings. The van der Waals surface area contributed by atoms with Crippen molar-refractivity contribution in [2.75, 3.05) is 6.54 Å². The van der Waals surface area contributed by atoms with Crippen LogP contribution in [0.1, 0.15) is 5.56 Å². The molecule has 0 atom stereocenters. The first-order valence-electron chi connectivity index (χ1n) is 4.55. The molecule has 0 amide bonds. The van der Waals surface area contributed by atoms with Gasteiger partial charge < -0.3 is 9.41 Å². The number of aromatic nitrogens is 2. The Morgan fingerprint density at radius 2 is 2.43 bits per heavy atom. The molecule has 70 valence electrons. The number of aryl methyl sites for hydroxylation is 1. The topological polar surface area (TPSA) is 22.2 Å². The van der Waals surface area contributed by atoms with Crippen LogP contribution in [0.5, 0.6) is 0 Å². The molecule has 0 aliphatic heterocycles. The van der Waals surface area contributed by atoms with Gasteiger partial charge in [-0.1, -0.05) is 0 Å². The fraction of sp³-hybridized carbons (Fsp3) is 0.273. The maximum atomic E-state index is 6.77. The molecule has 0 saturated heterocycles. The van der Waals surface area contributed by atoms with Crippen LogP contribution in [0.4, 0.5) is 0 Å². The van der Waals surface area contributed by atoms with E-state index in [0.717, 1.165) is 12.1 Å². The standard InChI is InChI=1S/C11H11N3/c1-12-7-5-9-8-14(2)11-10(9)4-3-6-13-11/h3-4,6,8H,5,7H2,2H3. The molecule has 0 bridgehead atoms. The summed E-state index contributed by atoms with van der Waals surface area (Å²) in [6, 6.07) is 3.99. The van der Waals surface area contributed by atoms with Crippen molar-refractivity contribution in [3.05, 3.63) is 41.5 Å². The maximum Gasteiger partial charge on any atom is 0.218 e. The largest absolute Gasteiger partial charge is 0.335 e. The number of fused-ring (bicyclic) bond motifs is 1. The number of hydrogen-bond acceptors (Lipinski definition) is 1. The summed E-state index contributed by atoms with van der Waals surface area (Å²) in [7, 11) is 1.98. The van der Waals surface area contributed by atoms with Gasteiger partial charge in [0.05, 0.1) is 0 Å². The molecular weight excluding hydrogens is 174 g/mol. The van der Waals surface area contributed by atoms with Gasteiger partial charge in [0.2, 0.25) is 6.54 Å². The third kappa shape index (κ3) is 1.35. The molecule has 3 nitrogen and oxygen atoms in total. The predicted molar refractivity (Wildman–Crippen MR) is 55.9 cm³/mol. The molecule has 0 N–H and O–H groups in total. The van der Waals surface area contributed by atoms with Gasteiger partial charge in [0.25, 0.3) is 0 Å². The molecule has 2 aromatic rings. The highest BCUT2D eigenvalue weighted by molar-refractivity contribution is 5.80. The fourth-order valence-electron chi connectivity index (χ4n) is 1.67. The summed E-state index contributed by atoms with van der Waals surface area (Å²) in [4.78, 5) is 7.66. The Bertz CT molecular complexity index is 491. The van der Waals surface area contributed by atoms with Crippen LogP contribution in [0.2, 0.25) is 0 Å². The van der Waals surface area contributed by atoms with Crippen LogP contribution in [0.15, 0.2) is 24.5 Å². The SMILES string of the molecule is [C-]#[N+]CCc1cn(C)c2ncccc12. The van der Waals surface area contributed by atoms with Crippen molar-refractivity contribution in [1.82, 2.24) is 9.55 Å². The summed E-state index contributed by atoms with van der Waals surface area (Å²) in [5.41, 5.74) is 2.21. The molecule has 14 heavy (non-hydrogen) atoms. The molecular formula is C11H11N3. The molecule has 0 radical (unpaired) electrons. The van der Waals surface area contributed by atoms with Gasteiger partial charge in [-0.2, -0.15) is 0 Å². The Kier molecular flexibility index (Phi) is 2.19. The summed E-state index contributed by atoms with van der Waals surface area (Å²) < 4.78 is 2.01. The predicted octanol–water partition coefficient (Wildman–Crippen LogP) is 2.04. The molecule has 3 heteroatoms. The number of nitrogens with zero attached hydrogens (tertiary/aromatic N) is 3. The van der Waals surface area contributed by atoms with Crippen molar-refractivity contribution in [2.24, 2.45) is 7.05 Å². The lowest BCUT2D eigenvalue weighted by atomic mass is 10.1. The molecule has 0 unspecified atom stereocenters. The zero-order valence-electron chi connectivity index (χ0n) is 8.07. The zero-order chi connectivity index (χ0) is 9.97. The van der Waals surface area contributed by atoms with E-state index in [1.165, 1.54) is 10.9 Å². The van der Waals surface area contributed by atoms with E-state index in [1.54, 1.807) is 6.20 Å². The molecule has 0 spiro atoms. The first kappa shape index (κ1) is 8.76. The fourth-order valence-corrected chi connectivity index (χ4v) is 1.67. The van der Waals surface area contributed by atoms with Gasteiger partial charge in [0.1, 0.15) is 5.65 Å². The van der Waals surface area contributed by atoms with E-state index in [4.69, 9.17) is 6.57 Å². The summed E-state index contributed by atoms with van der Waals surface area (Å²) in [5.74, 6) is 0. The van der Waals surface area contributed by atoms with E-state index in [-0.39, 0.29) is 0 Å². The molecule has 2 rings (SSSR count). The molecule has 0 aromatic carbocycles. The third-order valence-corrected chi connectivity index (χ3v) is 2.31. The van der Waals surface area contributed by atoms with Crippen molar-refractivity contribution >= 4 is 11.0 Å². The van der Waals surface area contributed by atoms with Crippen LogP contribution in [0.3, 0.4) is 0 Å². The van der Waals surface area contributed by atoms with Crippen LogP contribution >= 0.6 is 0 Å². The van der Waals surface area contributed by atoms with E-state index in [2.05, 4.69) is 22.1 Å². The highest BCUT2D eigenvalue weighted by Crippen LogP contribution is 2.18. The lowest BCUT2D eigenvalue weighted by molar-refractivity contribution is 0.934. The minimum atomic E-state index is 0.550. The van der Waals surface area contributed by atoms with E-state index in [0.29, 0.717) is 6.54 Å². The second kappa shape index (κ2) is 3.51. The average Bonchev–Trinajstić information content (AvgIpc) is 2.54. The molecule has 0 saturated carbocycles. The lowest BCUT2D eigenvalue weighted by Crippen LogP contribution is -1.85. The van der Waals surface area contributed by atoms with Crippen molar-refractivity contribution < 1.29 is 0 Å². The quantitative estimate of drug-likeness (QED) is 0.656. The first-order chi connectivity index (χ1) is 6.83. The van der Waals surface area contributed by atoms with Gasteiger partial charge in [-0.15, -0.1) is 0 Å². The Hall–Kier alpha value is -1.82. The minimum Gasteiger partial charge on any atom is -0.335 e. The van der Waals surface area contributed by atoms with Crippen molar-refractivity contribution in [1.29, 1.82) is 0 Å². The summed E-state index contributed by atoms with van der Waals surface area (Å²) in [6.07, 6.45) is 4.66. The van der Waals surface area contributed by atoms with Gasteiger partial charge in [0, 0.05) is 31.2 Å². The molecule has 0 aliphatic carbocycles. The van der Waals surface area contributed by atoms with Gasteiger partial charge in [-0.25, -0.2) is 11.6 Å². The maximum absolute atomic E-state index is 6.77. The first-order valence-corrected chi connectivity index (χ1v) is 4.55. The highest BCUT2D eigenvalue weighted by atomic mass is 15.0. The summed E-state index contributed by atoms with van der Waals surface area (Å²) >= 11 is 0. The lowest BCUT2D eigenvalue weighted by Gasteiger charge is -1.92. The molecule has 2 aromatic heterocycles. The monoisotopic (exact) mass is 185 g/mol. The van der Waals surface area contributed by atoms with E-state index in [1.807, 2.05) is 17.7 Å². The third-order valence-electron chi connectivity index (χ3n) is 2.31. The van der Waals surface area contributed by atoms with E-state index >= 15 is 0 Å². The van der Waals surface area contributed by atoms with Crippen LogP contribution in [0, 0.1) is 6.57 Å². The number of pyridine rings is 1. The second-order valence-electron chi connectivity index (χ2n) is 3.27. The Morgan fingerprint density at radius 1 is 1.57 bits per heavy atom. The van der Waals surface area contributed by atoms with Crippen LogP contribution in [-0.4, -0.2) is 16.1 Å². The normalized spacial score (nSPS) is 10.3. The second-order valence-corrected chi connectivity index (χ2v) is 3.27. The van der Waals surface area contributed by atoms with E-state index in [9.17, 15) is 0 Å². The van der Waals surface area contributed by atoms with Crippen LogP contribution < -0.4 is 0 Å². The van der Waals surface area contributed by atoms with Crippen molar-refractivity contribution in [2.45, 2.75) is 6.42 Å². The minimum absolute atomic E-state index is 0.550. The molecule has 0 aliphatic rings. The van der Waals surface area contributed by atoms with Gasteiger partial charge in [0.15, 0.2) is 0 Å². The van der Waals surface area contributed by atoms with Crippen molar-refractivity contribution in [3.8, 4) is 0 Å². The number of rotatable bonds is 2. The van der Waals surface area contributed by atoms with E-state index < -0.39 is 0 Å². The average molecular weight is 185 g/mol. The Morgan fingerprint density at radius 3 is 3.21 bits per heavy atom. The Balaban J connectivity index is 2.51. The summed E-state index contributed by atoms with van der Waals surface area (Å²) in [6.45, 7) is 7.32.